The number of benzene rings is 1. The summed E-state index contributed by atoms with van der Waals surface area (Å²) in [6.45, 7) is 2.93. The molecule has 2 N–H and O–H groups in total. The second-order valence-corrected chi connectivity index (χ2v) is 7.21. The van der Waals surface area contributed by atoms with E-state index in [1.54, 1.807) is 19.2 Å². The maximum atomic E-state index is 12.2. The van der Waals surface area contributed by atoms with Crippen molar-refractivity contribution >= 4 is 5.91 Å². The number of methoxy groups -OCH3 is 1. The number of nitriles is 1. The van der Waals surface area contributed by atoms with E-state index >= 15 is 0 Å². The first kappa shape index (κ1) is 18.8. The number of hydrogen-bond acceptors (Lipinski definition) is 5. The van der Waals surface area contributed by atoms with Crippen molar-refractivity contribution in [2.75, 3.05) is 26.7 Å². The van der Waals surface area contributed by atoms with E-state index in [2.05, 4.69) is 21.6 Å². The molecule has 1 unspecified atom stereocenters. The van der Waals surface area contributed by atoms with Crippen LogP contribution in [0.25, 0.3) is 0 Å². The van der Waals surface area contributed by atoms with Crippen LogP contribution in [0.2, 0.25) is 0 Å². The van der Waals surface area contributed by atoms with Gasteiger partial charge in [0.15, 0.2) is 0 Å². The number of ether oxygens (including phenoxy) is 1. The topological polar surface area (TPSA) is 77.4 Å². The molecule has 1 aliphatic heterocycles. The van der Waals surface area contributed by atoms with Crippen molar-refractivity contribution in [3.8, 4) is 6.07 Å². The molecule has 1 aromatic carbocycles. The van der Waals surface area contributed by atoms with Crippen LogP contribution in [0.4, 0.5) is 0 Å². The molecule has 1 saturated heterocycles. The Morgan fingerprint density at radius 1 is 1.31 bits per heavy atom. The number of rotatable bonds is 7. The lowest BCUT2D eigenvalue weighted by Gasteiger charge is -2.30. The molecule has 1 saturated carbocycles. The van der Waals surface area contributed by atoms with E-state index in [-0.39, 0.29) is 5.91 Å². The number of hydrogen-bond donors (Lipinski definition) is 2. The SMILES string of the molecule is COC1CCN([C@H]2CCC[C@H]2NCC(=O)NCc2ccc(C#N)cc2)C1. The first-order chi connectivity index (χ1) is 12.7. The van der Waals surface area contributed by atoms with Crippen LogP contribution in [0.1, 0.15) is 36.8 Å². The summed E-state index contributed by atoms with van der Waals surface area (Å²) in [4.78, 5) is 14.7. The fourth-order valence-electron chi connectivity index (χ4n) is 4.05. The summed E-state index contributed by atoms with van der Waals surface area (Å²) < 4.78 is 5.48. The van der Waals surface area contributed by atoms with Crippen molar-refractivity contribution in [3.05, 3.63) is 35.4 Å². The van der Waals surface area contributed by atoms with Gasteiger partial charge in [0.25, 0.3) is 0 Å². The maximum Gasteiger partial charge on any atom is 0.234 e. The van der Waals surface area contributed by atoms with Gasteiger partial charge in [0.1, 0.15) is 0 Å². The maximum absolute atomic E-state index is 12.2. The van der Waals surface area contributed by atoms with Crippen molar-refractivity contribution in [1.82, 2.24) is 15.5 Å². The normalized spacial score (nSPS) is 25.9. The predicted octanol–water partition coefficient (Wildman–Crippen LogP) is 1.41. The molecular formula is C20H28N4O2. The Labute approximate surface area is 155 Å². The molecule has 26 heavy (non-hydrogen) atoms. The molecule has 2 fully saturated rings. The zero-order valence-corrected chi connectivity index (χ0v) is 15.4. The molecule has 2 aliphatic rings. The molecule has 0 aromatic heterocycles. The highest BCUT2D eigenvalue weighted by molar-refractivity contribution is 5.78. The summed E-state index contributed by atoms with van der Waals surface area (Å²) in [6.07, 6.45) is 4.99. The number of amides is 1. The van der Waals surface area contributed by atoms with E-state index in [0.29, 0.717) is 36.8 Å². The Hall–Kier alpha value is -1.94. The number of nitrogens with one attached hydrogen (secondary N) is 2. The minimum absolute atomic E-state index is 0.0104. The predicted molar refractivity (Wildman–Crippen MR) is 99.4 cm³/mol. The number of likely N-dealkylation sites (tertiary alicyclic amines) is 1. The molecule has 3 atom stereocenters. The summed E-state index contributed by atoms with van der Waals surface area (Å²) >= 11 is 0. The first-order valence-corrected chi connectivity index (χ1v) is 9.45. The van der Waals surface area contributed by atoms with Gasteiger partial charge in [-0.15, -0.1) is 0 Å². The van der Waals surface area contributed by atoms with Crippen molar-refractivity contribution in [2.45, 2.75) is 50.4 Å². The van der Waals surface area contributed by atoms with Crippen molar-refractivity contribution in [1.29, 1.82) is 5.26 Å². The van der Waals surface area contributed by atoms with E-state index in [1.165, 1.54) is 12.8 Å². The average Bonchev–Trinajstić information content (AvgIpc) is 3.33. The van der Waals surface area contributed by atoms with Crippen LogP contribution in [-0.2, 0) is 16.1 Å². The Bertz CT molecular complexity index is 640. The van der Waals surface area contributed by atoms with Gasteiger partial charge >= 0.3 is 0 Å². The Morgan fingerprint density at radius 2 is 2.12 bits per heavy atom. The van der Waals surface area contributed by atoms with Crippen molar-refractivity contribution in [2.24, 2.45) is 0 Å². The fourth-order valence-corrected chi connectivity index (χ4v) is 4.05. The summed E-state index contributed by atoms with van der Waals surface area (Å²) in [6, 6.07) is 10.3. The third-order valence-electron chi connectivity index (χ3n) is 5.56. The molecule has 1 aromatic rings. The van der Waals surface area contributed by atoms with E-state index < -0.39 is 0 Å². The summed E-state index contributed by atoms with van der Waals surface area (Å²) in [7, 11) is 1.79. The van der Waals surface area contributed by atoms with E-state index in [9.17, 15) is 4.79 Å². The van der Waals surface area contributed by atoms with Crippen LogP contribution in [0.15, 0.2) is 24.3 Å². The van der Waals surface area contributed by atoms with E-state index in [1.807, 2.05) is 12.1 Å². The highest BCUT2D eigenvalue weighted by Gasteiger charge is 2.35. The molecule has 6 nitrogen and oxygen atoms in total. The van der Waals surface area contributed by atoms with Crippen LogP contribution >= 0.6 is 0 Å². The smallest absolute Gasteiger partial charge is 0.234 e. The summed E-state index contributed by atoms with van der Waals surface area (Å²) in [5, 5.41) is 15.2. The molecular weight excluding hydrogens is 328 g/mol. The minimum atomic E-state index is 0.0104. The van der Waals surface area contributed by atoms with Gasteiger partial charge < -0.3 is 15.4 Å². The number of nitrogens with zero attached hydrogens (tertiary/aromatic N) is 2. The molecule has 6 heteroatoms. The second-order valence-electron chi connectivity index (χ2n) is 7.21. The van der Waals surface area contributed by atoms with Gasteiger partial charge in [-0.25, -0.2) is 0 Å². The monoisotopic (exact) mass is 356 g/mol. The molecule has 1 heterocycles. The lowest BCUT2D eigenvalue weighted by molar-refractivity contribution is -0.120. The summed E-state index contributed by atoms with van der Waals surface area (Å²) in [5.41, 5.74) is 1.63. The lowest BCUT2D eigenvalue weighted by atomic mass is 10.1. The van der Waals surface area contributed by atoms with Crippen LogP contribution in [0, 0.1) is 11.3 Å². The molecule has 0 spiro atoms. The third-order valence-corrected chi connectivity index (χ3v) is 5.56. The van der Waals surface area contributed by atoms with Crippen LogP contribution < -0.4 is 10.6 Å². The van der Waals surface area contributed by atoms with Gasteiger partial charge in [0.05, 0.1) is 24.3 Å². The molecule has 3 rings (SSSR count). The van der Waals surface area contributed by atoms with Crippen LogP contribution in [0.3, 0.4) is 0 Å². The summed E-state index contributed by atoms with van der Waals surface area (Å²) in [5.74, 6) is 0.0104. The highest BCUT2D eigenvalue weighted by Crippen LogP contribution is 2.27. The molecule has 0 radical (unpaired) electrons. The first-order valence-electron chi connectivity index (χ1n) is 9.45. The van der Waals surface area contributed by atoms with Gasteiger partial charge in [-0.05, 0) is 37.0 Å². The van der Waals surface area contributed by atoms with Gasteiger partial charge in [-0.2, -0.15) is 5.26 Å². The van der Waals surface area contributed by atoms with E-state index in [4.69, 9.17) is 10.00 Å². The molecule has 1 aliphatic carbocycles. The quantitative estimate of drug-likeness (QED) is 0.772. The van der Waals surface area contributed by atoms with Crippen LogP contribution in [-0.4, -0.2) is 55.7 Å². The molecule has 140 valence electrons. The molecule has 0 bridgehead atoms. The Balaban J connectivity index is 1.41. The van der Waals surface area contributed by atoms with Crippen molar-refractivity contribution in [3.63, 3.8) is 0 Å². The van der Waals surface area contributed by atoms with Gasteiger partial charge in [0, 0.05) is 38.8 Å². The van der Waals surface area contributed by atoms with Gasteiger partial charge in [0.2, 0.25) is 5.91 Å². The Kier molecular flexibility index (Phi) is 6.62. The fraction of sp³-hybridized carbons (Fsp3) is 0.600. The third kappa shape index (κ3) is 4.82. The van der Waals surface area contributed by atoms with Gasteiger partial charge in [-0.3, -0.25) is 9.69 Å². The Morgan fingerprint density at radius 3 is 2.81 bits per heavy atom. The zero-order valence-electron chi connectivity index (χ0n) is 15.4. The van der Waals surface area contributed by atoms with E-state index in [0.717, 1.165) is 31.5 Å². The van der Waals surface area contributed by atoms with Crippen LogP contribution in [0.5, 0.6) is 0 Å². The zero-order chi connectivity index (χ0) is 18.4. The van der Waals surface area contributed by atoms with Crippen molar-refractivity contribution < 1.29 is 9.53 Å². The minimum Gasteiger partial charge on any atom is -0.380 e. The molecule has 1 amide bonds. The largest absolute Gasteiger partial charge is 0.380 e. The average molecular weight is 356 g/mol. The second kappa shape index (κ2) is 9.13. The number of carbonyl (C=O) groups excluding carboxylic acids is 1. The lowest BCUT2D eigenvalue weighted by Crippen LogP contribution is -2.48. The highest BCUT2D eigenvalue weighted by atomic mass is 16.5. The number of carbonyl (C=O) groups is 1. The van der Waals surface area contributed by atoms with Gasteiger partial charge in [-0.1, -0.05) is 18.6 Å². The standard InChI is InChI=1S/C20H28N4O2/c1-26-17-9-10-24(14-17)19-4-2-3-18(19)22-13-20(25)23-12-16-7-5-15(11-21)6-8-16/h5-8,17-19,22H,2-4,9-10,12-14H2,1H3,(H,23,25)/t17?,18-,19+/m1/s1.